The molecule has 0 bridgehead atoms. The standard InChI is InChI=1S/C19H24ClN3O2.HI/c20-18-6-2-1-4-16(18)13-23-19(22-12-15-8-11-24-14-15)21-9-7-17-5-3-10-25-17;/h1-6,10,15H,7-9,11-14H2,(H2,21,22,23);1H. The van der Waals surface area contributed by atoms with Gasteiger partial charge in [0, 0.05) is 37.1 Å². The number of guanidine groups is 1. The van der Waals surface area contributed by atoms with Crippen LogP contribution >= 0.6 is 35.6 Å². The van der Waals surface area contributed by atoms with Crippen LogP contribution in [0.5, 0.6) is 0 Å². The molecule has 0 spiro atoms. The van der Waals surface area contributed by atoms with Crippen LogP contribution in [0.25, 0.3) is 0 Å². The Morgan fingerprint density at radius 3 is 2.81 bits per heavy atom. The fourth-order valence-electron chi connectivity index (χ4n) is 2.71. The molecular formula is C19H25ClIN3O2. The van der Waals surface area contributed by atoms with Crippen LogP contribution in [0, 0.1) is 5.92 Å². The van der Waals surface area contributed by atoms with Crippen molar-refractivity contribution in [1.29, 1.82) is 0 Å². The molecule has 2 aromatic rings. The summed E-state index contributed by atoms with van der Waals surface area (Å²) in [6.45, 7) is 3.82. The Morgan fingerprint density at radius 2 is 2.08 bits per heavy atom. The molecule has 1 aliphatic rings. The SMILES string of the molecule is Clc1ccccc1CN=C(NCCc1ccco1)NCC1CCOC1.I. The summed E-state index contributed by atoms with van der Waals surface area (Å²) in [5.74, 6) is 2.29. The number of rotatable bonds is 7. The number of ether oxygens (including phenoxy) is 1. The predicted molar refractivity (Wildman–Crippen MR) is 115 cm³/mol. The lowest BCUT2D eigenvalue weighted by Crippen LogP contribution is -2.40. The van der Waals surface area contributed by atoms with Crippen LogP contribution in [0.1, 0.15) is 17.7 Å². The normalized spacial score (nSPS) is 17.0. The van der Waals surface area contributed by atoms with Gasteiger partial charge in [-0.25, -0.2) is 4.99 Å². The Bertz CT molecular complexity index is 673. The van der Waals surface area contributed by atoms with Crippen LogP contribution < -0.4 is 10.6 Å². The molecule has 1 aromatic carbocycles. The summed E-state index contributed by atoms with van der Waals surface area (Å²) >= 11 is 6.22. The van der Waals surface area contributed by atoms with E-state index in [0.29, 0.717) is 12.5 Å². The smallest absolute Gasteiger partial charge is 0.191 e. The zero-order valence-electron chi connectivity index (χ0n) is 14.6. The first kappa shape index (κ1) is 21.1. The summed E-state index contributed by atoms with van der Waals surface area (Å²) in [5.41, 5.74) is 1.01. The minimum absolute atomic E-state index is 0. The van der Waals surface area contributed by atoms with Gasteiger partial charge < -0.3 is 19.8 Å². The quantitative estimate of drug-likeness (QED) is 0.352. The second-order valence-corrected chi connectivity index (χ2v) is 6.53. The number of aliphatic imine (C=N–C) groups is 1. The first-order valence-corrected chi connectivity index (χ1v) is 9.05. The second kappa shape index (κ2) is 11.5. The number of benzene rings is 1. The lowest BCUT2D eigenvalue weighted by Gasteiger charge is -2.15. The molecule has 5 nitrogen and oxygen atoms in total. The van der Waals surface area contributed by atoms with E-state index in [-0.39, 0.29) is 24.0 Å². The number of hydrogen-bond donors (Lipinski definition) is 2. The Kier molecular flexibility index (Phi) is 9.28. The van der Waals surface area contributed by atoms with Gasteiger partial charge in [-0.05, 0) is 30.2 Å². The molecule has 3 rings (SSSR count). The highest BCUT2D eigenvalue weighted by Crippen LogP contribution is 2.15. The Labute approximate surface area is 176 Å². The summed E-state index contributed by atoms with van der Waals surface area (Å²) in [4.78, 5) is 4.67. The van der Waals surface area contributed by atoms with Gasteiger partial charge in [-0.3, -0.25) is 0 Å². The van der Waals surface area contributed by atoms with Crippen LogP contribution in [-0.2, 0) is 17.7 Å². The highest BCUT2D eigenvalue weighted by Gasteiger charge is 2.15. The van der Waals surface area contributed by atoms with Crippen molar-refractivity contribution < 1.29 is 9.15 Å². The van der Waals surface area contributed by atoms with Gasteiger partial charge in [-0.2, -0.15) is 0 Å². The van der Waals surface area contributed by atoms with Crippen LogP contribution in [0.3, 0.4) is 0 Å². The van der Waals surface area contributed by atoms with Crippen molar-refractivity contribution >= 4 is 41.5 Å². The molecule has 7 heteroatoms. The first-order valence-electron chi connectivity index (χ1n) is 8.67. The van der Waals surface area contributed by atoms with E-state index in [2.05, 4.69) is 15.6 Å². The second-order valence-electron chi connectivity index (χ2n) is 6.12. The maximum absolute atomic E-state index is 6.22. The number of hydrogen-bond acceptors (Lipinski definition) is 3. The number of furan rings is 1. The van der Waals surface area contributed by atoms with Crippen molar-refractivity contribution in [3.63, 3.8) is 0 Å². The highest BCUT2D eigenvalue weighted by atomic mass is 127. The Hall–Kier alpha value is -1.25. The molecule has 1 saturated heterocycles. The van der Waals surface area contributed by atoms with Gasteiger partial charge in [0.25, 0.3) is 0 Å². The van der Waals surface area contributed by atoms with E-state index < -0.39 is 0 Å². The summed E-state index contributed by atoms with van der Waals surface area (Å²) in [6.07, 6.45) is 3.60. The molecule has 2 heterocycles. The fourth-order valence-corrected chi connectivity index (χ4v) is 2.90. The highest BCUT2D eigenvalue weighted by molar-refractivity contribution is 14.0. The maximum atomic E-state index is 6.22. The lowest BCUT2D eigenvalue weighted by atomic mass is 10.1. The van der Waals surface area contributed by atoms with Crippen molar-refractivity contribution in [2.45, 2.75) is 19.4 Å². The minimum atomic E-state index is 0. The average Bonchev–Trinajstić information content (AvgIpc) is 3.32. The van der Waals surface area contributed by atoms with E-state index in [1.807, 2.05) is 36.4 Å². The van der Waals surface area contributed by atoms with Gasteiger partial charge in [-0.15, -0.1) is 24.0 Å². The molecule has 0 aliphatic carbocycles. The van der Waals surface area contributed by atoms with E-state index in [1.54, 1.807) is 6.26 Å². The van der Waals surface area contributed by atoms with Crippen molar-refractivity contribution in [1.82, 2.24) is 10.6 Å². The monoisotopic (exact) mass is 489 g/mol. The fraction of sp³-hybridized carbons (Fsp3) is 0.421. The largest absolute Gasteiger partial charge is 0.469 e. The van der Waals surface area contributed by atoms with Crippen LogP contribution in [0.4, 0.5) is 0 Å². The summed E-state index contributed by atoms with van der Waals surface area (Å²) in [5, 5.41) is 7.52. The van der Waals surface area contributed by atoms with Crippen molar-refractivity contribution in [2.75, 3.05) is 26.3 Å². The summed E-state index contributed by atoms with van der Waals surface area (Å²) in [7, 11) is 0. The van der Waals surface area contributed by atoms with Gasteiger partial charge in [0.05, 0.1) is 19.4 Å². The molecule has 1 unspecified atom stereocenters. The zero-order valence-corrected chi connectivity index (χ0v) is 17.7. The molecule has 1 atom stereocenters. The maximum Gasteiger partial charge on any atom is 0.191 e. The van der Waals surface area contributed by atoms with E-state index in [9.17, 15) is 0 Å². The molecule has 142 valence electrons. The number of halogens is 2. The first-order chi connectivity index (χ1) is 12.3. The Morgan fingerprint density at radius 1 is 1.19 bits per heavy atom. The van der Waals surface area contributed by atoms with Crippen LogP contribution in [-0.4, -0.2) is 32.3 Å². The van der Waals surface area contributed by atoms with Gasteiger partial charge in [0.15, 0.2) is 5.96 Å². The molecule has 0 amide bonds. The van der Waals surface area contributed by atoms with Crippen LogP contribution in [0.15, 0.2) is 52.1 Å². The molecule has 2 N–H and O–H groups in total. The predicted octanol–water partition coefficient (Wildman–Crippen LogP) is 3.87. The number of nitrogens with one attached hydrogen (secondary N) is 2. The molecule has 1 aliphatic heterocycles. The minimum Gasteiger partial charge on any atom is -0.469 e. The van der Waals surface area contributed by atoms with Gasteiger partial charge >= 0.3 is 0 Å². The van der Waals surface area contributed by atoms with Gasteiger partial charge in [-0.1, -0.05) is 29.8 Å². The zero-order chi connectivity index (χ0) is 17.3. The van der Waals surface area contributed by atoms with E-state index in [4.69, 9.17) is 20.8 Å². The van der Waals surface area contributed by atoms with Crippen LogP contribution in [0.2, 0.25) is 5.02 Å². The topological polar surface area (TPSA) is 58.8 Å². The molecule has 0 radical (unpaired) electrons. The number of nitrogens with zero attached hydrogens (tertiary/aromatic N) is 1. The Balaban J connectivity index is 0.00000243. The molecule has 1 aromatic heterocycles. The van der Waals surface area contributed by atoms with Crippen molar-refractivity contribution in [3.8, 4) is 0 Å². The van der Waals surface area contributed by atoms with Crippen molar-refractivity contribution in [3.05, 3.63) is 59.0 Å². The third-order valence-electron chi connectivity index (χ3n) is 4.19. The van der Waals surface area contributed by atoms with Crippen molar-refractivity contribution in [2.24, 2.45) is 10.9 Å². The molecule has 0 saturated carbocycles. The lowest BCUT2D eigenvalue weighted by molar-refractivity contribution is 0.186. The third-order valence-corrected chi connectivity index (χ3v) is 4.56. The van der Waals surface area contributed by atoms with Gasteiger partial charge in [0.2, 0.25) is 0 Å². The molecule has 26 heavy (non-hydrogen) atoms. The summed E-state index contributed by atoms with van der Waals surface area (Å²) < 4.78 is 10.8. The van der Waals surface area contributed by atoms with E-state index >= 15 is 0 Å². The van der Waals surface area contributed by atoms with E-state index in [1.165, 1.54) is 0 Å². The molecule has 1 fully saturated rings. The molecular weight excluding hydrogens is 465 g/mol. The van der Waals surface area contributed by atoms with E-state index in [0.717, 1.165) is 61.5 Å². The van der Waals surface area contributed by atoms with Gasteiger partial charge in [0.1, 0.15) is 5.76 Å². The summed E-state index contributed by atoms with van der Waals surface area (Å²) in [6, 6.07) is 11.7. The third kappa shape index (κ3) is 6.81. The average molecular weight is 490 g/mol.